The van der Waals surface area contributed by atoms with E-state index in [1.807, 2.05) is 18.2 Å². The fraction of sp³-hybridized carbons (Fsp3) is 0.176. The molecule has 0 aliphatic rings. The van der Waals surface area contributed by atoms with Crippen LogP contribution in [0.25, 0.3) is 11.4 Å². The van der Waals surface area contributed by atoms with Gasteiger partial charge in [0.15, 0.2) is 11.0 Å². The van der Waals surface area contributed by atoms with Gasteiger partial charge >= 0.3 is 0 Å². The monoisotopic (exact) mass is 313 g/mol. The Kier molecular flexibility index (Phi) is 4.53. The largest absolute Gasteiger partial charge is 0.298 e. The predicted octanol–water partition coefficient (Wildman–Crippen LogP) is 4.24. The Balaban J connectivity index is 2.01. The SMILES string of the molecule is CCSc1nnc(-c2ccc(F)cc2)n1Cc1ccccc1. The van der Waals surface area contributed by atoms with Crippen LogP contribution in [0.2, 0.25) is 0 Å². The van der Waals surface area contributed by atoms with E-state index in [0.29, 0.717) is 6.54 Å². The lowest BCUT2D eigenvalue weighted by molar-refractivity contribution is 0.628. The predicted molar refractivity (Wildman–Crippen MR) is 87.4 cm³/mol. The van der Waals surface area contributed by atoms with Crippen molar-refractivity contribution >= 4 is 11.8 Å². The second-order valence-corrected chi connectivity index (χ2v) is 6.05. The fourth-order valence-corrected chi connectivity index (χ4v) is 2.91. The third-order valence-electron chi connectivity index (χ3n) is 3.28. The average Bonchev–Trinajstić information content (AvgIpc) is 2.92. The van der Waals surface area contributed by atoms with E-state index in [-0.39, 0.29) is 5.82 Å². The quantitative estimate of drug-likeness (QED) is 0.660. The van der Waals surface area contributed by atoms with E-state index in [1.54, 1.807) is 23.9 Å². The van der Waals surface area contributed by atoms with Gasteiger partial charge in [-0.3, -0.25) is 4.57 Å². The van der Waals surface area contributed by atoms with Crippen molar-refractivity contribution in [1.82, 2.24) is 14.8 Å². The van der Waals surface area contributed by atoms with Crippen LogP contribution in [0.4, 0.5) is 4.39 Å². The van der Waals surface area contributed by atoms with E-state index in [0.717, 1.165) is 22.3 Å². The minimum Gasteiger partial charge on any atom is -0.298 e. The molecule has 0 aliphatic heterocycles. The van der Waals surface area contributed by atoms with Gasteiger partial charge in [0.1, 0.15) is 5.82 Å². The highest BCUT2D eigenvalue weighted by Gasteiger charge is 2.14. The number of halogens is 1. The highest BCUT2D eigenvalue weighted by Crippen LogP contribution is 2.25. The highest BCUT2D eigenvalue weighted by molar-refractivity contribution is 7.99. The van der Waals surface area contributed by atoms with Crippen molar-refractivity contribution in [2.75, 3.05) is 5.75 Å². The summed E-state index contributed by atoms with van der Waals surface area (Å²) in [6.45, 7) is 2.78. The normalized spacial score (nSPS) is 10.8. The van der Waals surface area contributed by atoms with Crippen LogP contribution in [0, 0.1) is 5.82 Å². The Morgan fingerprint density at radius 3 is 2.41 bits per heavy atom. The first-order valence-electron chi connectivity index (χ1n) is 7.14. The smallest absolute Gasteiger partial charge is 0.191 e. The lowest BCUT2D eigenvalue weighted by Gasteiger charge is -2.10. The summed E-state index contributed by atoms with van der Waals surface area (Å²) in [6, 6.07) is 16.6. The molecular weight excluding hydrogens is 297 g/mol. The van der Waals surface area contributed by atoms with Crippen LogP contribution in [-0.2, 0) is 6.54 Å². The van der Waals surface area contributed by atoms with Crippen molar-refractivity contribution in [2.45, 2.75) is 18.6 Å². The Labute approximate surface area is 133 Å². The number of nitrogens with zero attached hydrogens (tertiary/aromatic N) is 3. The van der Waals surface area contributed by atoms with Gasteiger partial charge in [-0.2, -0.15) is 0 Å². The van der Waals surface area contributed by atoms with E-state index < -0.39 is 0 Å². The number of benzene rings is 2. The van der Waals surface area contributed by atoms with Crippen molar-refractivity contribution < 1.29 is 4.39 Å². The van der Waals surface area contributed by atoms with E-state index >= 15 is 0 Å². The van der Waals surface area contributed by atoms with Crippen LogP contribution in [0.1, 0.15) is 12.5 Å². The molecule has 1 aromatic heterocycles. The van der Waals surface area contributed by atoms with Crippen LogP contribution < -0.4 is 0 Å². The van der Waals surface area contributed by atoms with E-state index in [4.69, 9.17) is 0 Å². The van der Waals surface area contributed by atoms with Crippen molar-refractivity contribution in [3.05, 3.63) is 66.0 Å². The first kappa shape index (κ1) is 14.8. The van der Waals surface area contributed by atoms with E-state index in [9.17, 15) is 4.39 Å². The highest BCUT2D eigenvalue weighted by atomic mass is 32.2. The van der Waals surface area contributed by atoms with Crippen LogP contribution in [0.5, 0.6) is 0 Å². The molecule has 0 saturated carbocycles. The molecule has 0 N–H and O–H groups in total. The maximum Gasteiger partial charge on any atom is 0.191 e. The fourth-order valence-electron chi connectivity index (χ4n) is 2.25. The van der Waals surface area contributed by atoms with Gasteiger partial charge in [0, 0.05) is 5.56 Å². The molecule has 3 rings (SSSR count). The number of rotatable bonds is 5. The van der Waals surface area contributed by atoms with Crippen LogP contribution in [-0.4, -0.2) is 20.5 Å². The molecule has 0 fully saturated rings. The third-order valence-corrected chi connectivity index (χ3v) is 4.13. The van der Waals surface area contributed by atoms with E-state index in [1.165, 1.54) is 17.7 Å². The number of aromatic nitrogens is 3. The molecule has 0 radical (unpaired) electrons. The summed E-state index contributed by atoms with van der Waals surface area (Å²) >= 11 is 1.66. The Morgan fingerprint density at radius 2 is 1.73 bits per heavy atom. The second kappa shape index (κ2) is 6.75. The summed E-state index contributed by atoms with van der Waals surface area (Å²) in [5.41, 5.74) is 2.05. The minimum atomic E-state index is -0.249. The topological polar surface area (TPSA) is 30.7 Å². The zero-order valence-corrected chi connectivity index (χ0v) is 13.1. The molecule has 112 valence electrons. The number of thioether (sulfide) groups is 1. The van der Waals surface area contributed by atoms with Gasteiger partial charge in [-0.1, -0.05) is 49.0 Å². The lowest BCUT2D eigenvalue weighted by Crippen LogP contribution is -2.04. The summed E-state index contributed by atoms with van der Waals surface area (Å²) in [4.78, 5) is 0. The molecule has 0 bridgehead atoms. The van der Waals surface area contributed by atoms with Crippen molar-refractivity contribution in [1.29, 1.82) is 0 Å². The molecule has 0 spiro atoms. The minimum absolute atomic E-state index is 0.249. The van der Waals surface area contributed by atoms with Gasteiger partial charge in [-0.25, -0.2) is 4.39 Å². The summed E-state index contributed by atoms with van der Waals surface area (Å²) < 4.78 is 15.2. The van der Waals surface area contributed by atoms with Crippen LogP contribution in [0.3, 0.4) is 0 Å². The van der Waals surface area contributed by atoms with Gasteiger partial charge in [0.05, 0.1) is 6.54 Å². The Hall–Kier alpha value is -2.14. The molecule has 0 aliphatic carbocycles. The molecular formula is C17H16FN3S. The van der Waals surface area contributed by atoms with Gasteiger partial charge in [-0.05, 0) is 35.6 Å². The first-order valence-corrected chi connectivity index (χ1v) is 8.12. The number of hydrogen-bond donors (Lipinski definition) is 0. The molecule has 3 nitrogen and oxygen atoms in total. The summed E-state index contributed by atoms with van der Waals surface area (Å²) in [5.74, 6) is 1.44. The molecule has 1 heterocycles. The first-order chi connectivity index (χ1) is 10.8. The van der Waals surface area contributed by atoms with Crippen LogP contribution >= 0.6 is 11.8 Å². The lowest BCUT2D eigenvalue weighted by atomic mass is 10.2. The average molecular weight is 313 g/mol. The molecule has 5 heteroatoms. The maximum atomic E-state index is 13.1. The summed E-state index contributed by atoms with van der Waals surface area (Å²) in [5, 5.41) is 9.46. The molecule has 3 aromatic rings. The van der Waals surface area contributed by atoms with Gasteiger partial charge in [0.2, 0.25) is 0 Å². The third kappa shape index (κ3) is 3.20. The van der Waals surface area contributed by atoms with Crippen LogP contribution in [0.15, 0.2) is 59.8 Å². The molecule has 0 unspecified atom stereocenters. The second-order valence-electron chi connectivity index (χ2n) is 4.82. The van der Waals surface area contributed by atoms with Gasteiger partial charge in [-0.15, -0.1) is 10.2 Å². The zero-order valence-electron chi connectivity index (χ0n) is 12.2. The maximum absolute atomic E-state index is 13.1. The standard InChI is InChI=1S/C17H16FN3S/c1-2-22-17-20-19-16(14-8-10-15(18)11-9-14)21(17)12-13-6-4-3-5-7-13/h3-11H,2,12H2,1H3. The summed E-state index contributed by atoms with van der Waals surface area (Å²) in [7, 11) is 0. The molecule has 0 amide bonds. The zero-order chi connectivity index (χ0) is 15.4. The Morgan fingerprint density at radius 1 is 1.00 bits per heavy atom. The molecule has 0 atom stereocenters. The Bertz CT molecular complexity index is 738. The molecule has 2 aromatic carbocycles. The van der Waals surface area contributed by atoms with Gasteiger partial charge in [0.25, 0.3) is 0 Å². The van der Waals surface area contributed by atoms with Crippen molar-refractivity contribution in [2.24, 2.45) is 0 Å². The number of hydrogen-bond acceptors (Lipinski definition) is 3. The molecule has 0 saturated heterocycles. The summed E-state index contributed by atoms with van der Waals surface area (Å²) in [6.07, 6.45) is 0. The van der Waals surface area contributed by atoms with Gasteiger partial charge < -0.3 is 0 Å². The van der Waals surface area contributed by atoms with Crippen molar-refractivity contribution in [3.63, 3.8) is 0 Å². The molecule has 22 heavy (non-hydrogen) atoms. The van der Waals surface area contributed by atoms with E-state index in [2.05, 4.69) is 33.8 Å². The van der Waals surface area contributed by atoms with Crippen molar-refractivity contribution in [3.8, 4) is 11.4 Å².